The maximum Gasteiger partial charge on any atom is 0.256 e. The summed E-state index contributed by atoms with van der Waals surface area (Å²) in [5.74, 6) is 1.36. The maximum absolute atomic E-state index is 12.4. The van der Waals surface area contributed by atoms with Crippen molar-refractivity contribution in [3.63, 3.8) is 0 Å². The van der Waals surface area contributed by atoms with Gasteiger partial charge in [0.15, 0.2) is 0 Å². The lowest BCUT2D eigenvalue weighted by Crippen LogP contribution is -2.13. The molecule has 3 rings (SSSR count). The second-order valence-corrected chi connectivity index (χ2v) is 5.79. The largest absolute Gasteiger partial charge is 0.497 e. The molecule has 1 N–H and O–H groups in total. The number of anilines is 1. The van der Waals surface area contributed by atoms with Crippen LogP contribution in [-0.2, 0) is 0 Å². The number of hydrogen-bond acceptors (Lipinski definition) is 4. The number of aromatic nitrogens is 1. The number of carbonyl (C=O) groups excluding carboxylic acids is 1. The summed E-state index contributed by atoms with van der Waals surface area (Å²) in [5, 5.41) is 2.91. The van der Waals surface area contributed by atoms with Crippen molar-refractivity contribution >= 4 is 11.6 Å². The van der Waals surface area contributed by atoms with Gasteiger partial charge in [-0.1, -0.05) is 12.1 Å². The number of benzene rings is 2. The first-order valence-corrected chi connectivity index (χ1v) is 8.17. The smallest absolute Gasteiger partial charge is 0.256 e. The van der Waals surface area contributed by atoms with Gasteiger partial charge in [0.05, 0.1) is 14.2 Å². The summed E-state index contributed by atoms with van der Waals surface area (Å²) in [6, 6.07) is 15.0. The summed E-state index contributed by atoms with van der Waals surface area (Å²) in [6.45, 7) is 1.86. The van der Waals surface area contributed by atoms with Crippen molar-refractivity contribution in [2.45, 2.75) is 6.92 Å². The van der Waals surface area contributed by atoms with E-state index < -0.39 is 0 Å². The summed E-state index contributed by atoms with van der Waals surface area (Å²) < 4.78 is 10.7. The average Bonchev–Trinajstić information content (AvgIpc) is 2.68. The third-order valence-corrected chi connectivity index (χ3v) is 4.13. The molecule has 0 aliphatic rings. The van der Waals surface area contributed by atoms with Crippen LogP contribution in [0.5, 0.6) is 11.5 Å². The van der Waals surface area contributed by atoms with E-state index in [-0.39, 0.29) is 5.91 Å². The fourth-order valence-corrected chi connectivity index (χ4v) is 2.70. The molecule has 1 amide bonds. The number of rotatable bonds is 5. The normalized spacial score (nSPS) is 10.3. The number of amides is 1. The monoisotopic (exact) mass is 348 g/mol. The zero-order valence-electron chi connectivity index (χ0n) is 14.9. The van der Waals surface area contributed by atoms with Gasteiger partial charge in [-0.05, 0) is 54.4 Å². The molecule has 26 heavy (non-hydrogen) atoms. The van der Waals surface area contributed by atoms with Crippen LogP contribution in [-0.4, -0.2) is 25.1 Å². The molecular formula is C21H20N2O3. The van der Waals surface area contributed by atoms with Crippen LogP contribution in [0.4, 0.5) is 5.69 Å². The Hall–Kier alpha value is -3.34. The number of nitrogens with one attached hydrogen (secondary N) is 1. The molecule has 0 radical (unpaired) electrons. The summed E-state index contributed by atoms with van der Waals surface area (Å²) >= 11 is 0. The first kappa shape index (κ1) is 17.5. The van der Waals surface area contributed by atoms with Crippen LogP contribution < -0.4 is 14.8 Å². The first-order valence-electron chi connectivity index (χ1n) is 8.17. The summed E-state index contributed by atoms with van der Waals surface area (Å²) in [4.78, 5) is 16.4. The first-order chi connectivity index (χ1) is 12.6. The third-order valence-electron chi connectivity index (χ3n) is 4.13. The minimum absolute atomic E-state index is 0.156. The lowest BCUT2D eigenvalue weighted by atomic mass is 10.0. The highest BCUT2D eigenvalue weighted by atomic mass is 16.5. The van der Waals surface area contributed by atoms with Crippen LogP contribution in [0, 0.1) is 6.92 Å². The Morgan fingerprint density at radius 1 is 1.00 bits per heavy atom. The van der Waals surface area contributed by atoms with Gasteiger partial charge in [0.25, 0.3) is 5.91 Å². The van der Waals surface area contributed by atoms with Gasteiger partial charge < -0.3 is 14.8 Å². The molecule has 0 fully saturated rings. The zero-order chi connectivity index (χ0) is 18.5. The summed E-state index contributed by atoms with van der Waals surface area (Å²) in [7, 11) is 3.27. The van der Waals surface area contributed by atoms with Gasteiger partial charge in [0.1, 0.15) is 11.5 Å². The van der Waals surface area contributed by atoms with Crippen LogP contribution in [0.25, 0.3) is 11.1 Å². The molecule has 0 aliphatic carbocycles. The lowest BCUT2D eigenvalue weighted by molar-refractivity contribution is 0.102. The van der Waals surface area contributed by atoms with Crippen LogP contribution in [0.2, 0.25) is 0 Å². The molecule has 0 saturated carbocycles. The molecule has 1 heterocycles. The molecule has 0 unspecified atom stereocenters. The Balaban J connectivity index is 1.83. The fraction of sp³-hybridized carbons (Fsp3) is 0.143. The Kier molecular flexibility index (Phi) is 5.17. The molecule has 0 atom stereocenters. The highest BCUT2D eigenvalue weighted by Crippen LogP contribution is 2.33. The van der Waals surface area contributed by atoms with Gasteiger partial charge in [-0.3, -0.25) is 9.78 Å². The lowest BCUT2D eigenvalue weighted by Gasteiger charge is -2.12. The quantitative estimate of drug-likeness (QED) is 0.746. The van der Waals surface area contributed by atoms with E-state index in [0.717, 1.165) is 33.9 Å². The number of carbonyl (C=O) groups is 1. The number of methoxy groups -OCH3 is 2. The summed E-state index contributed by atoms with van der Waals surface area (Å²) in [5.41, 5.74) is 4.06. The van der Waals surface area contributed by atoms with E-state index in [2.05, 4.69) is 10.3 Å². The second-order valence-electron chi connectivity index (χ2n) is 5.79. The van der Waals surface area contributed by atoms with Crippen LogP contribution in [0.15, 0.2) is 60.9 Å². The summed E-state index contributed by atoms with van der Waals surface area (Å²) in [6.07, 6.45) is 3.28. The van der Waals surface area contributed by atoms with Gasteiger partial charge in [0.2, 0.25) is 0 Å². The number of nitrogens with zero attached hydrogens (tertiary/aromatic N) is 1. The average molecular weight is 348 g/mol. The Labute approximate surface area is 152 Å². The minimum atomic E-state index is -0.156. The van der Waals surface area contributed by atoms with Crippen LogP contribution >= 0.6 is 0 Å². The third kappa shape index (κ3) is 3.67. The molecule has 1 aromatic heterocycles. The Bertz CT molecular complexity index is 921. The van der Waals surface area contributed by atoms with Crippen LogP contribution in [0.1, 0.15) is 15.9 Å². The van der Waals surface area contributed by atoms with E-state index in [1.165, 1.54) is 0 Å². The molecule has 0 saturated heterocycles. The predicted molar refractivity (Wildman–Crippen MR) is 102 cm³/mol. The van der Waals surface area contributed by atoms with Crippen molar-refractivity contribution in [1.82, 2.24) is 4.98 Å². The molecule has 0 spiro atoms. The highest BCUT2D eigenvalue weighted by Gasteiger charge is 2.11. The van der Waals surface area contributed by atoms with Gasteiger partial charge in [-0.15, -0.1) is 0 Å². The van der Waals surface area contributed by atoms with E-state index >= 15 is 0 Å². The van der Waals surface area contributed by atoms with E-state index in [4.69, 9.17) is 9.47 Å². The molecule has 5 heteroatoms. The Morgan fingerprint density at radius 2 is 1.77 bits per heavy atom. The minimum Gasteiger partial charge on any atom is -0.497 e. The topological polar surface area (TPSA) is 60.5 Å². The van der Waals surface area contributed by atoms with Gasteiger partial charge >= 0.3 is 0 Å². The molecule has 3 aromatic rings. The van der Waals surface area contributed by atoms with Crippen molar-refractivity contribution in [1.29, 1.82) is 0 Å². The fourth-order valence-electron chi connectivity index (χ4n) is 2.70. The number of aryl methyl sites for hydroxylation is 1. The van der Waals surface area contributed by atoms with Gasteiger partial charge in [-0.2, -0.15) is 0 Å². The van der Waals surface area contributed by atoms with Gasteiger partial charge in [0, 0.05) is 29.2 Å². The van der Waals surface area contributed by atoms with Gasteiger partial charge in [-0.25, -0.2) is 0 Å². The van der Waals surface area contributed by atoms with E-state index in [1.807, 2.05) is 49.4 Å². The maximum atomic E-state index is 12.4. The molecule has 0 bridgehead atoms. The molecular weight excluding hydrogens is 328 g/mol. The van der Waals surface area contributed by atoms with Crippen molar-refractivity contribution in [2.75, 3.05) is 19.5 Å². The second kappa shape index (κ2) is 7.70. The van der Waals surface area contributed by atoms with E-state index in [1.54, 1.807) is 32.7 Å². The number of hydrogen-bond donors (Lipinski definition) is 1. The molecule has 2 aromatic carbocycles. The Morgan fingerprint density at radius 3 is 2.42 bits per heavy atom. The van der Waals surface area contributed by atoms with Crippen molar-refractivity contribution < 1.29 is 14.3 Å². The number of ether oxygens (including phenoxy) is 2. The van der Waals surface area contributed by atoms with Crippen molar-refractivity contribution in [3.05, 3.63) is 72.1 Å². The van der Waals surface area contributed by atoms with E-state index in [0.29, 0.717) is 5.56 Å². The SMILES string of the molecule is COc1ccc(OC)c(-c2ccc(NC(=O)c3ccncc3C)cc2)c1. The zero-order valence-corrected chi connectivity index (χ0v) is 14.9. The number of pyridine rings is 1. The molecule has 132 valence electrons. The standard InChI is InChI=1S/C21H20N2O3/c1-14-13-22-11-10-18(14)21(24)23-16-6-4-15(5-7-16)19-12-17(25-2)8-9-20(19)26-3/h4-13H,1-3H3,(H,23,24). The predicted octanol–water partition coefficient (Wildman–Crippen LogP) is 4.33. The van der Waals surface area contributed by atoms with E-state index in [9.17, 15) is 4.79 Å². The van der Waals surface area contributed by atoms with Crippen LogP contribution in [0.3, 0.4) is 0 Å². The van der Waals surface area contributed by atoms with Crippen molar-refractivity contribution in [3.8, 4) is 22.6 Å². The highest BCUT2D eigenvalue weighted by molar-refractivity contribution is 6.05. The molecule has 0 aliphatic heterocycles. The van der Waals surface area contributed by atoms with Crippen molar-refractivity contribution in [2.24, 2.45) is 0 Å². The molecule has 5 nitrogen and oxygen atoms in total.